The standard InChI is InChI=1S/C15H23N3O/c16-13-2-1-3-15(12-13)19-11-10-17-6-8-18(9-7-17)14-4-5-14/h1-3,12,14H,4-11,16H2. The second kappa shape index (κ2) is 5.80. The Morgan fingerprint density at radius 2 is 1.95 bits per heavy atom. The van der Waals surface area contributed by atoms with Crippen LogP contribution in [0.2, 0.25) is 0 Å². The summed E-state index contributed by atoms with van der Waals surface area (Å²) in [5.74, 6) is 0.872. The molecule has 2 N–H and O–H groups in total. The number of rotatable bonds is 5. The minimum Gasteiger partial charge on any atom is -0.492 e. The van der Waals surface area contributed by atoms with Crippen molar-refractivity contribution in [2.45, 2.75) is 18.9 Å². The zero-order valence-corrected chi connectivity index (χ0v) is 11.4. The van der Waals surface area contributed by atoms with Crippen LogP contribution in [0.5, 0.6) is 5.75 Å². The van der Waals surface area contributed by atoms with Crippen molar-refractivity contribution in [1.82, 2.24) is 9.80 Å². The molecule has 4 heteroatoms. The highest BCUT2D eigenvalue weighted by Crippen LogP contribution is 2.27. The van der Waals surface area contributed by atoms with E-state index in [4.69, 9.17) is 10.5 Å². The first-order chi connectivity index (χ1) is 9.31. The summed E-state index contributed by atoms with van der Waals surface area (Å²) < 4.78 is 5.74. The maximum Gasteiger partial charge on any atom is 0.121 e. The molecule has 0 bridgehead atoms. The fourth-order valence-electron chi connectivity index (χ4n) is 2.69. The van der Waals surface area contributed by atoms with Gasteiger partial charge >= 0.3 is 0 Å². The molecule has 1 aliphatic carbocycles. The van der Waals surface area contributed by atoms with Gasteiger partial charge in [-0.3, -0.25) is 9.80 Å². The van der Waals surface area contributed by atoms with Crippen LogP contribution < -0.4 is 10.5 Å². The summed E-state index contributed by atoms with van der Waals surface area (Å²) in [6.45, 7) is 6.56. The normalized spacial score (nSPS) is 21.5. The molecule has 3 rings (SSSR count). The van der Waals surface area contributed by atoms with Crippen molar-refractivity contribution in [3.8, 4) is 5.75 Å². The SMILES string of the molecule is Nc1cccc(OCCN2CCN(C3CC3)CC2)c1. The van der Waals surface area contributed by atoms with E-state index in [1.807, 2.05) is 24.3 Å². The van der Waals surface area contributed by atoms with Gasteiger partial charge in [0.1, 0.15) is 12.4 Å². The van der Waals surface area contributed by atoms with Gasteiger partial charge in [0.25, 0.3) is 0 Å². The summed E-state index contributed by atoms with van der Waals surface area (Å²) in [6, 6.07) is 8.56. The van der Waals surface area contributed by atoms with E-state index in [0.29, 0.717) is 0 Å². The molecule has 0 radical (unpaired) electrons. The Morgan fingerprint density at radius 1 is 1.16 bits per heavy atom. The third kappa shape index (κ3) is 3.61. The van der Waals surface area contributed by atoms with Crippen molar-refractivity contribution in [1.29, 1.82) is 0 Å². The first-order valence-corrected chi connectivity index (χ1v) is 7.26. The van der Waals surface area contributed by atoms with E-state index < -0.39 is 0 Å². The van der Waals surface area contributed by atoms with Crippen LogP contribution in [0.1, 0.15) is 12.8 Å². The van der Waals surface area contributed by atoms with Gasteiger partial charge in [-0.15, -0.1) is 0 Å². The first-order valence-electron chi connectivity index (χ1n) is 7.26. The number of benzene rings is 1. The van der Waals surface area contributed by atoms with Crippen molar-refractivity contribution >= 4 is 5.69 Å². The van der Waals surface area contributed by atoms with E-state index in [2.05, 4.69) is 9.80 Å². The lowest BCUT2D eigenvalue weighted by Crippen LogP contribution is -2.48. The van der Waals surface area contributed by atoms with E-state index in [1.54, 1.807) is 0 Å². The lowest BCUT2D eigenvalue weighted by Gasteiger charge is -2.34. The van der Waals surface area contributed by atoms with E-state index in [9.17, 15) is 0 Å². The molecule has 2 fully saturated rings. The van der Waals surface area contributed by atoms with Crippen molar-refractivity contribution < 1.29 is 4.74 Å². The monoisotopic (exact) mass is 261 g/mol. The van der Waals surface area contributed by atoms with Gasteiger partial charge in [-0.05, 0) is 25.0 Å². The van der Waals surface area contributed by atoms with Crippen LogP contribution in [-0.2, 0) is 0 Å². The quantitative estimate of drug-likeness (QED) is 0.814. The van der Waals surface area contributed by atoms with Crippen LogP contribution in [0.3, 0.4) is 0 Å². The van der Waals surface area contributed by atoms with E-state index in [0.717, 1.165) is 30.6 Å². The maximum absolute atomic E-state index is 5.74. The van der Waals surface area contributed by atoms with Crippen molar-refractivity contribution in [2.75, 3.05) is 45.1 Å². The van der Waals surface area contributed by atoms with Gasteiger partial charge in [0.15, 0.2) is 0 Å². The minimum absolute atomic E-state index is 0.743. The van der Waals surface area contributed by atoms with Crippen LogP contribution in [-0.4, -0.2) is 55.2 Å². The molecule has 2 aliphatic rings. The minimum atomic E-state index is 0.743. The number of anilines is 1. The highest BCUT2D eigenvalue weighted by atomic mass is 16.5. The second-order valence-corrected chi connectivity index (χ2v) is 5.53. The van der Waals surface area contributed by atoms with Gasteiger partial charge in [0.05, 0.1) is 0 Å². The number of nitrogens with zero attached hydrogens (tertiary/aromatic N) is 2. The molecule has 1 heterocycles. The summed E-state index contributed by atoms with van der Waals surface area (Å²) in [5, 5.41) is 0. The summed E-state index contributed by atoms with van der Waals surface area (Å²) in [4.78, 5) is 5.13. The molecule has 0 aromatic heterocycles. The Bertz CT molecular complexity index is 412. The lowest BCUT2D eigenvalue weighted by atomic mass is 10.3. The largest absolute Gasteiger partial charge is 0.492 e. The highest BCUT2D eigenvalue weighted by molar-refractivity contribution is 5.43. The van der Waals surface area contributed by atoms with E-state index in [-0.39, 0.29) is 0 Å². The Balaban J connectivity index is 1.36. The molecule has 1 saturated heterocycles. The summed E-state index contributed by atoms with van der Waals surface area (Å²) >= 11 is 0. The molecule has 0 amide bonds. The molecular weight excluding hydrogens is 238 g/mol. The molecule has 1 aromatic rings. The smallest absolute Gasteiger partial charge is 0.121 e. The van der Waals surface area contributed by atoms with Gasteiger partial charge in [-0.1, -0.05) is 6.07 Å². The molecular formula is C15H23N3O. The fourth-order valence-corrected chi connectivity index (χ4v) is 2.69. The topological polar surface area (TPSA) is 41.7 Å². The maximum atomic E-state index is 5.74. The van der Waals surface area contributed by atoms with Crippen molar-refractivity contribution in [3.05, 3.63) is 24.3 Å². The highest BCUT2D eigenvalue weighted by Gasteiger charge is 2.30. The van der Waals surface area contributed by atoms with Gasteiger partial charge < -0.3 is 10.5 Å². The molecule has 1 aliphatic heterocycles. The Hall–Kier alpha value is -1.26. The van der Waals surface area contributed by atoms with Crippen LogP contribution in [0.25, 0.3) is 0 Å². The molecule has 1 saturated carbocycles. The third-order valence-corrected chi connectivity index (χ3v) is 4.00. The van der Waals surface area contributed by atoms with Gasteiger partial charge in [0, 0.05) is 50.5 Å². The van der Waals surface area contributed by atoms with Crippen LogP contribution in [0.15, 0.2) is 24.3 Å². The molecule has 4 nitrogen and oxygen atoms in total. The van der Waals surface area contributed by atoms with Gasteiger partial charge in [-0.25, -0.2) is 0 Å². The number of ether oxygens (including phenoxy) is 1. The second-order valence-electron chi connectivity index (χ2n) is 5.53. The van der Waals surface area contributed by atoms with Crippen LogP contribution in [0, 0.1) is 0 Å². The van der Waals surface area contributed by atoms with Crippen LogP contribution in [0.4, 0.5) is 5.69 Å². The molecule has 0 atom stereocenters. The molecule has 0 unspecified atom stereocenters. The summed E-state index contributed by atoms with van der Waals surface area (Å²) in [5.41, 5.74) is 6.49. The predicted molar refractivity (Wildman–Crippen MR) is 77.4 cm³/mol. The summed E-state index contributed by atoms with van der Waals surface area (Å²) in [7, 11) is 0. The predicted octanol–water partition coefficient (Wildman–Crippen LogP) is 1.43. The number of hydrogen-bond acceptors (Lipinski definition) is 4. The number of nitrogen functional groups attached to an aromatic ring is 1. The molecule has 1 aromatic carbocycles. The average Bonchev–Trinajstić information content (AvgIpc) is 3.24. The average molecular weight is 261 g/mol. The first kappa shape index (κ1) is 12.8. The van der Waals surface area contributed by atoms with E-state index >= 15 is 0 Å². The zero-order valence-electron chi connectivity index (χ0n) is 11.4. The number of piperazine rings is 1. The molecule has 104 valence electrons. The van der Waals surface area contributed by atoms with E-state index in [1.165, 1.54) is 39.0 Å². The summed E-state index contributed by atoms with van der Waals surface area (Å²) in [6.07, 6.45) is 2.83. The Morgan fingerprint density at radius 3 is 2.63 bits per heavy atom. The molecule has 0 spiro atoms. The van der Waals surface area contributed by atoms with Crippen molar-refractivity contribution in [2.24, 2.45) is 0 Å². The Labute approximate surface area is 115 Å². The third-order valence-electron chi connectivity index (χ3n) is 4.00. The van der Waals surface area contributed by atoms with Crippen LogP contribution >= 0.6 is 0 Å². The number of nitrogens with two attached hydrogens (primary N) is 1. The Kier molecular flexibility index (Phi) is 3.89. The van der Waals surface area contributed by atoms with Gasteiger partial charge in [0.2, 0.25) is 0 Å². The fraction of sp³-hybridized carbons (Fsp3) is 0.600. The zero-order chi connectivity index (χ0) is 13.1. The van der Waals surface area contributed by atoms with Crippen molar-refractivity contribution in [3.63, 3.8) is 0 Å². The van der Waals surface area contributed by atoms with Gasteiger partial charge in [-0.2, -0.15) is 0 Å². The lowest BCUT2D eigenvalue weighted by molar-refractivity contribution is 0.112. The molecule has 19 heavy (non-hydrogen) atoms. The number of hydrogen-bond donors (Lipinski definition) is 1.